The van der Waals surface area contributed by atoms with Crippen molar-refractivity contribution in [1.82, 2.24) is 10.2 Å². The van der Waals surface area contributed by atoms with Crippen LogP contribution in [0.5, 0.6) is 0 Å². The summed E-state index contributed by atoms with van der Waals surface area (Å²) in [7, 11) is 0. The summed E-state index contributed by atoms with van der Waals surface area (Å²) in [4.78, 5) is 14.3. The van der Waals surface area contributed by atoms with Gasteiger partial charge in [0.15, 0.2) is 0 Å². The van der Waals surface area contributed by atoms with Crippen LogP contribution >= 0.6 is 0 Å². The lowest BCUT2D eigenvalue weighted by Gasteiger charge is -2.35. The van der Waals surface area contributed by atoms with E-state index >= 15 is 0 Å². The Morgan fingerprint density at radius 3 is 2.84 bits per heavy atom. The number of likely N-dealkylation sites (tertiary alicyclic amines) is 1. The second kappa shape index (κ2) is 5.41. The number of nitrogens with zero attached hydrogens (tertiary/aromatic N) is 1. The van der Waals surface area contributed by atoms with E-state index in [1.165, 1.54) is 19.3 Å². The number of hydrogen-bond donors (Lipinski definition) is 1. The summed E-state index contributed by atoms with van der Waals surface area (Å²) in [6, 6.07) is 0.863. The summed E-state index contributed by atoms with van der Waals surface area (Å²) in [6.07, 6.45) is 6.22. The highest BCUT2D eigenvalue weighted by atomic mass is 16.5. The van der Waals surface area contributed by atoms with Crippen LogP contribution in [0.25, 0.3) is 0 Å². The molecule has 1 aliphatic carbocycles. The molecule has 0 aromatic carbocycles. The molecule has 0 unspecified atom stereocenters. The fourth-order valence-electron chi connectivity index (χ4n) is 4.01. The van der Waals surface area contributed by atoms with Gasteiger partial charge < -0.3 is 15.0 Å². The highest BCUT2D eigenvalue weighted by Crippen LogP contribution is 2.35. The molecule has 19 heavy (non-hydrogen) atoms. The highest BCUT2D eigenvalue weighted by Gasteiger charge is 2.41. The highest BCUT2D eigenvalue weighted by molar-refractivity contribution is 5.84. The summed E-state index contributed by atoms with van der Waals surface area (Å²) in [5.41, 5.74) is 0. The fraction of sp³-hybridized carbons (Fsp3) is 0.933. The summed E-state index contributed by atoms with van der Waals surface area (Å²) in [5.74, 6) is 0.936. The van der Waals surface area contributed by atoms with Gasteiger partial charge in [-0.3, -0.25) is 4.79 Å². The molecule has 1 saturated carbocycles. The Hall–Kier alpha value is -0.610. The second-order valence-electron chi connectivity index (χ2n) is 6.53. The molecule has 3 aliphatic rings. The van der Waals surface area contributed by atoms with Crippen LogP contribution in [0.2, 0.25) is 0 Å². The van der Waals surface area contributed by atoms with Gasteiger partial charge in [-0.15, -0.1) is 0 Å². The third kappa shape index (κ3) is 2.52. The van der Waals surface area contributed by atoms with E-state index < -0.39 is 0 Å². The SMILES string of the molecule is CC(C)N1CC[C@H](N[C@@H]2CCC[C@H]3OCC[C@@H]23)C1=O. The van der Waals surface area contributed by atoms with E-state index in [2.05, 4.69) is 19.2 Å². The first-order valence-electron chi connectivity index (χ1n) is 7.85. The van der Waals surface area contributed by atoms with Crippen LogP contribution in [-0.2, 0) is 9.53 Å². The van der Waals surface area contributed by atoms with Crippen LogP contribution < -0.4 is 5.32 Å². The number of carbonyl (C=O) groups is 1. The number of hydrogen-bond acceptors (Lipinski definition) is 3. The van der Waals surface area contributed by atoms with Gasteiger partial charge in [0.1, 0.15) is 0 Å². The zero-order valence-electron chi connectivity index (χ0n) is 12.1. The van der Waals surface area contributed by atoms with Crippen molar-refractivity contribution in [2.75, 3.05) is 13.2 Å². The maximum atomic E-state index is 12.3. The van der Waals surface area contributed by atoms with Crippen LogP contribution in [-0.4, -0.2) is 48.2 Å². The predicted octanol–water partition coefficient (Wildman–Crippen LogP) is 1.54. The molecule has 3 rings (SSSR count). The lowest BCUT2D eigenvalue weighted by Crippen LogP contribution is -2.50. The quantitative estimate of drug-likeness (QED) is 0.842. The molecule has 4 heteroatoms. The minimum Gasteiger partial charge on any atom is -0.378 e. The second-order valence-corrected chi connectivity index (χ2v) is 6.53. The predicted molar refractivity (Wildman–Crippen MR) is 73.9 cm³/mol. The van der Waals surface area contributed by atoms with Gasteiger partial charge in [-0.2, -0.15) is 0 Å². The van der Waals surface area contributed by atoms with E-state index in [-0.39, 0.29) is 6.04 Å². The first-order valence-corrected chi connectivity index (χ1v) is 7.85. The maximum absolute atomic E-state index is 12.3. The molecule has 0 bridgehead atoms. The molecular formula is C15H26N2O2. The van der Waals surface area contributed by atoms with Gasteiger partial charge in [-0.1, -0.05) is 0 Å². The third-order valence-corrected chi connectivity index (χ3v) is 5.06. The van der Waals surface area contributed by atoms with Crippen LogP contribution in [0.3, 0.4) is 0 Å². The van der Waals surface area contributed by atoms with Crippen molar-refractivity contribution in [2.45, 2.75) is 70.2 Å². The molecule has 1 amide bonds. The van der Waals surface area contributed by atoms with E-state index in [1.54, 1.807) is 0 Å². The van der Waals surface area contributed by atoms with Crippen molar-refractivity contribution in [2.24, 2.45) is 5.92 Å². The third-order valence-electron chi connectivity index (χ3n) is 5.06. The zero-order valence-corrected chi connectivity index (χ0v) is 12.1. The van der Waals surface area contributed by atoms with Gasteiger partial charge in [0.05, 0.1) is 12.1 Å². The smallest absolute Gasteiger partial charge is 0.240 e. The van der Waals surface area contributed by atoms with Gasteiger partial charge in [-0.25, -0.2) is 0 Å². The first-order chi connectivity index (χ1) is 9.16. The lowest BCUT2D eigenvalue weighted by atomic mass is 9.81. The van der Waals surface area contributed by atoms with Crippen molar-refractivity contribution in [3.05, 3.63) is 0 Å². The van der Waals surface area contributed by atoms with Crippen LogP contribution in [0.4, 0.5) is 0 Å². The largest absolute Gasteiger partial charge is 0.378 e. The normalized spacial score (nSPS) is 39.1. The van der Waals surface area contributed by atoms with Gasteiger partial charge in [-0.05, 0) is 46.0 Å². The monoisotopic (exact) mass is 266 g/mol. The Kier molecular flexibility index (Phi) is 3.81. The molecule has 108 valence electrons. The number of fused-ring (bicyclic) bond motifs is 1. The number of nitrogens with one attached hydrogen (secondary N) is 1. The topological polar surface area (TPSA) is 41.6 Å². The molecule has 0 radical (unpaired) electrons. The summed E-state index contributed by atoms with van der Waals surface area (Å²) < 4.78 is 5.80. The van der Waals surface area contributed by atoms with E-state index in [4.69, 9.17) is 4.74 Å². The van der Waals surface area contributed by atoms with Gasteiger partial charge in [0, 0.05) is 31.2 Å². The van der Waals surface area contributed by atoms with Gasteiger partial charge >= 0.3 is 0 Å². The number of amides is 1. The van der Waals surface area contributed by atoms with Gasteiger partial charge in [0.2, 0.25) is 5.91 Å². The summed E-state index contributed by atoms with van der Waals surface area (Å²) >= 11 is 0. The average Bonchev–Trinajstić information content (AvgIpc) is 2.97. The molecule has 2 heterocycles. The van der Waals surface area contributed by atoms with Gasteiger partial charge in [0.25, 0.3) is 0 Å². The summed E-state index contributed by atoms with van der Waals surface area (Å²) in [5, 5.41) is 3.65. The molecular weight excluding hydrogens is 240 g/mol. The van der Waals surface area contributed by atoms with Crippen LogP contribution in [0.1, 0.15) is 46.0 Å². The minimum atomic E-state index is 0.0479. The van der Waals surface area contributed by atoms with Crippen LogP contribution in [0, 0.1) is 5.92 Å². The van der Waals surface area contributed by atoms with Crippen molar-refractivity contribution in [3.63, 3.8) is 0 Å². The average molecular weight is 266 g/mol. The van der Waals surface area contributed by atoms with E-state index in [1.807, 2.05) is 4.90 Å². The molecule has 4 atom stereocenters. The first kappa shape index (κ1) is 13.4. The molecule has 4 nitrogen and oxygen atoms in total. The minimum absolute atomic E-state index is 0.0479. The number of carbonyl (C=O) groups excluding carboxylic acids is 1. The van der Waals surface area contributed by atoms with Crippen LogP contribution in [0.15, 0.2) is 0 Å². The maximum Gasteiger partial charge on any atom is 0.240 e. The van der Waals surface area contributed by atoms with E-state index in [0.717, 1.165) is 26.0 Å². The molecule has 1 N–H and O–H groups in total. The summed E-state index contributed by atoms with van der Waals surface area (Å²) in [6.45, 7) is 6.01. The molecule has 3 fully saturated rings. The molecule has 0 aromatic heterocycles. The Bertz CT molecular complexity index is 345. The van der Waals surface area contributed by atoms with E-state index in [0.29, 0.717) is 30.0 Å². The van der Waals surface area contributed by atoms with Crippen molar-refractivity contribution < 1.29 is 9.53 Å². The number of ether oxygens (including phenoxy) is 1. The Morgan fingerprint density at radius 1 is 1.26 bits per heavy atom. The Balaban J connectivity index is 1.61. The lowest BCUT2D eigenvalue weighted by molar-refractivity contribution is -0.131. The van der Waals surface area contributed by atoms with Crippen molar-refractivity contribution in [3.8, 4) is 0 Å². The zero-order chi connectivity index (χ0) is 13.4. The Morgan fingerprint density at radius 2 is 2.11 bits per heavy atom. The standard InChI is InChI=1S/C15H26N2O2/c1-10(2)17-8-6-13(15(17)18)16-12-4-3-5-14-11(12)7-9-19-14/h10-14,16H,3-9H2,1-2H3/t11-,12+,13-,14+/m0/s1. The number of rotatable bonds is 3. The fourth-order valence-corrected chi connectivity index (χ4v) is 4.01. The van der Waals surface area contributed by atoms with E-state index in [9.17, 15) is 4.79 Å². The molecule has 0 spiro atoms. The van der Waals surface area contributed by atoms with Crippen molar-refractivity contribution in [1.29, 1.82) is 0 Å². The van der Waals surface area contributed by atoms with Crippen molar-refractivity contribution >= 4 is 5.91 Å². The molecule has 2 aliphatic heterocycles. The Labute approximate surface area is 115 Å². The molecule has 2 saturated heterocycles. The molecule has 0 aromatic rings.